The molecule has 0 radical (unpaired) electrons. The maximum atomic E-state index is 12.1. The number of benzene rings is 2. The quantitative estimate of drug-likeness (QED) is 0.676. The highest BCUT2D eigenvalue weighted by Gasteiger charge is 2.43. The van der Waals surface area contributed by atoms with Crippen LogP contribution >= 0.6 is 0 Å². The van der Waals surface area contributed by atoms with Crippen molar-refractivity contribution in [2.45, 2.75) is 19.3 Å². The molecule has 2 aromatic carbocycles. The van der Waals surface area contributed by atoms with E-state index in [0.717, 1.165) is 17.7 Å². The zero-order valence-corrected chi connectivity index (χ0v) is 12.0. The Hall–Kier alpha value is -2.42. The Bertz CT molecular complexity index is 649. The molecule has 106 valence electrons. The van der Waals surface area contributed by atoms with Gasteiger partial charge in [-0.1, -0.05) is 60.7 Å². The molecule has 0 heterocycles. The topological polar surface area (TPSA) is 41.5 Å². The molecule has 1 fully saturated rings. The number of hydrogen-bond acceptors (Lipinski definition) is 2. The molecule has 0 aliphatic heterocycles. The number of amides is 1. The van der Waals surface area contributed by atoms with Crippen LogP contribution in [0.2, 0.25) is 0 Å². The van der Waals surface area contributed by atoms with E-state index in [4.69, 9.17) is 0 Å². The molecular weight excluding hydrogens is 260 g/mol. The lowest BCUT2D eigenvalue weighted by Crippen LogP contribution is -2.21. The van der Waals surface area contributed by atoms with E-state index >= 15 is 0 Å². The van der Waals surface area contributed by atoms with Gasteiger partial charge in [0.1, 0.15) is 0 Å². The summed E-state index contributed by atoms with van der Waals surface area (Å²) in [5.74, 6) is 0.414. The van der Waals surface area contributed by atoms with Gasteiger partial charge in [-0.15, -0.1) is 0 Å². The number of nitrogens with one attached hydrogen (secondary N) is 1. The largest absolute Gasteiger partial charge is 0.273 e. The molecule has 0 unspecified atom stereocenters. The van der Waals surface area contributed by atoms with Gasteiger partial charge in [-0.3, -0.25) is 4.79 Å². The first-order valence-electron chi connectivity index (χ1n) is 7.20. The molecule has 1 aliphatic carbocycles. The Morgan fingerprint density at radius 2 is 1.67 bits per heavy atom. The lowest BCUT2D eigenvalue weighted by molar-refractivity contribution is -0.122. The molecule has 1 saturated carbocycles. The third-order valence-corrected chi connectivity index (χ3v) is 3.88. The average Bonchev–Trinajstić information content (AvgIpc) is 3.35. The van der Waals surface area contributed by atoms with E-state index in [-0.39, 0.29) is 11.8 Å². The molecule has 1 aliphatic rings. The van der Waals surface area contributed by atoms with E-state index in [1.165, 1.54) is 5.56 Å². The summed E-state index contributed by atoms with van der Waals surface area (Å²) >= 11 is 0. The van der Waals surface area contributed by atoms with Crippen molar-refractivity contribution in [1.29, 1.82) is 0 Å². The zero-order chi connectivity index (χ0) is 14.7. The van der Waals surface area contributed by atoms with E-state index < -0.39 is 0 Å². The number of carbonyl (C=O) groups is 1. The van der Waals surface area contributed by atoms with Crippen LogP contribution in [0.15, 0.2) is 65.8 Å². The monoisotopic (exact) mass is 278 g/mol. The number of hydrazone groups is 1. The van der Waals surface area contributed by atoms with Gasteiger partial charge in [-0.05, 0) is 30.4 Å². The van der Waals surface area contributed by atoms with Crippen molar-refractivity contribution in [2.75, 3.05) is 0 Å². The number of rotatable bonds is 4. The fourth-order valence-electron chi connectivity index (χ4n) is 2.52. The van der Waals surface area contributed by atoms with Crippen molar-refractivity contribution in [3.63, 3.8) is 0 Å². The molecule has 1 N–H and O–H groups in total. The van der Waals surface area contributed by atoms with Crippen LogP contribution in [-0.2, 0) is 4.79 Å². The SMILES string of the molecule is C/C(=N/NC(=O)[C@@H]1C[C@H]1c1ccccc1)c1ccccc1. The van der Waals surface area contributed by atoms with Crippen LogP contribution in [0.5, 0.6) is 0 Å². The van der Waals surface area contributed by atoms with Crippen molar-refractivity contribution in [3.05, 3.63) is 71.8 Å². The molecule has 2 aromatic rings. The average molecular weight is 278 g/mol. The minimum Gasteiger partial charge on any atom is -0.273 e. The van der Waals surface area contributed by atoms with Gasteiger partial charge in [0.15, 0.2) is 0 Å². The molecule has 21 heavy (non-hydrogen) atoms. The van der Waals surface area contributed by atoms with Crippen molar-refractivity contribution in [1.82, 2.24) is 5.43 Å². The van der Waals surface area contributed by atoms with Crippen molar-refractivity contribution >= 4 is 11.6 Å². The Labute approximate surface area is 124 Å². The second kappa shape index (κ2) is 5.92. The highest BCUT2D eigenvalue weighted by Crippen LogP contribution is 2.47. The molecule has 0 aromatic heterocycles. The Balaban J connectivity index is 1.59. The molecular formula is C18H18N2O. The Morgan fingerprint density at radius 1 is 1.05 bits per heavy atom. The summed E-state index contributed by atoms with van der Waals surface area (Å²) in [4.78, 5) is 12.1. The number of carbonyl (C=O) groups excluding carboxylic acids is 1. The molecule has 3 nitrogen and oxygen atoms in total. The van der Waals surface area contributed by atoms with Gasteiger partial charge in [-0.25, -0.2) is 5.43 Å². The fraction of sp³-hybridized carbons (Fsp3) is 0.222. The van der Waals surface area contributed by atoms with Crippen LogP contribution in [0.1, 0.15) is 30.4 Å². The van der Waals surface area contributed by atoms with Crippen LogP contribution in [-0.4, -0.2) is 11.6 Å². The van der Waals surface area contributed by atoms with Crippen molar-refractivity contribution < 1.29 is 4.79 Å². The van der Waals surface area contributed by atoms with Gasteiger partial charge >= 0.3 is 0 Å². The second-order valence-electron chi connectivity index (χ2n) is 5.40. The first kappa shape index (κ1) is 13.6. The van der Waals surface area contributed by atoms with Crippen LogP contribution in [0.25, 0.3) is 0 Å². The second-order valence-corrected chi connectivity index (χ2v) is 5.40. The smallest absolute Gasteiger partial charge is 0.243 e. The molecule has 0 saturated heterocycles. The van der Waals surface area contributed by atoms with Crippen LogP contribution in [0.4, 0.5) is 0 Å². The van der Waals surface area contributed by atoms with Crippen LogP contribution in [0.3, 0.4) is 0 Å². The van der Waals surface area contributed by atoms with Gasteiger partial charge < -0.3 is 0 Å². The lowest BCUT2D eigenvalue weighted by atomic mass is 10.1. The summed E-state index contributed by atoms with van der Waals surface area (Å²) in [5, 5.41) is 4.20. The molecule has 0 bridgehead atoms. The lowest BCUT2D eigenvalue weighted by Gasteiger charge is -2.03. The minimum atomic E-state index is 0.0131. The van der Waals surface area contributed by atoms with Gasteiger partial charge in [0.05, 0.1) is 5.71 Å². The zero-order valence-electron chi connectivity index (χ0n) is 12.0. The fourth-order valence-corrected chi connectivity index (χ4v) is 2.52. The van der Waals surface area contributed by atoms with Crippen molar-refractivity contribution in [3.8, 4) is 0 Å². The predicted molar refractivity (Wildman–Crippen MR) is 84.1 cm³/mol. The van der Waals surface area contributed by atoms with Crippen LogP contribution < -0.4 is 5.43 Å². The first-order chi connectivity index (χ1) is 10.3. The molecule has 0 spiro atoms. The Kier molecular flexibility index (Phi) is 3.82. The maximum absolute atomic E-state index is 12.1. The summed E-state index contributed by atoms with van der Waals surface area (Å²) in [5.41, 5.74) is 5.77. The molecule has 3 heteroatoms. The van der Waals surface area contributed by atoms with Gasteiger partial charge in [-0.2, -0.15) is 5.10 Å². The highest BCUT2D eigenvalue weighted by atomic mass is 16.2. The predicted octanol–water partition coefficient (Wildman–Crippen LogP) is 3.33. The summed E-state index contributed by atoms with van der Waals surface area (Å²) in [6.45, 7) is 1.90. The standard InChI is InChI=1S/C18H18N2O/c1-13(14-8-4-2-5-9-14)19-20-18(21)17-12-16(17)15-10-6-3-7-11-15/h2-11,16-17H,12H2,1H3,(H,20,21)/b19-13-/t16-,17+/m0/s1. The summed E-state index contributed by atoms with van der Waals surface area (Å²) in [6.07, 6.45) is 0.912. The minimum absolute atomic E-state index is 0.0131. The van der Waals surface area contributed by atoms with E-state index in [9.17, 15) is 4.79 Å². The van der Waals surface area contributed by atoms with E-state index in [1.807, 2.05) is 55.5 Å². The van der Waals surface area contributed by atoms with Gasteiger partial charge in [0, 0.05) is 5.92 Å². The highest BCUT2D eigenvalue weighted by molar-refractivity contribution is 5.99. The summed E-state index contributed by atoms with van der Waals surface area (Å²) < 4.78 is 0. The normalized spacial score (nSPS) is 20.9. The molecule has 1 amide bonds. The number of hydrogen-bond donors (Lipinski definition) is 1. The van der Waals surface area contributed by atoms with E-state index in [1.54, 1.807) is 0 Å². The first-order valence-corrected chi connectivity index (χ1v) is 7.20. The molecule has 3 rings (SSSR count). The van der Waals surface area contributed by atoms with Crippen LogP contribution in [0, 0.1) is 5.92 Å². The van der Waals surface area contributed by atoms with Crippen molar-refractivity contribution in [2.24, 2.45) is 11.0 Å². The maximum Gasteiger partial charge on any atom is 0.243 e. The third kappa shape index (κ3) is 3.19. The summed E-state index contributed by atoms with van der Waals surface area (Å²) in [6, 6.07) is 20.0. The summed E-state index contributed by atoms with van der Waals surface area (Å²) in [7, 11) is 0. The number of nitrogens with zero attached hydrogens (tertiary/aromatic N) is 1. The Morgan fingerprint density at radius 3 is 2.33 bits per heavy atom. The van der Waals surface area contributed by atoms with E-state index in [2.05, 4.69) is 22.7 Å². The van der Waals surface area contributed by atoms with E-state index in [0.29, 0.717) is 5.92 Å². The van der Waals surface area contributed by atoms with Gasteiger partial charge in [0.2, 0.25) is 5.91 Å². The molecule has 2 atom stereocenters. The van der Waals surface area contributed by atoms with Gasteiger partial charge in [0.25, 0.3) is 0 Å². The third-order valence-electron chi connectivity index (χ3n) is 3.88.